The maximum absolute atomic E-state index is 14.4. The number of benzene rings is 2. The molecule has 3 nitrogen and oxygen atoms in total. The number of piperidine rings is 1. The van der Waals surface area contributed by atoms with Gasteiger partial charge in [-0.15, -0.1) is 12.4 Å². The van der Waals surface area contributed by atoms with Crippen molar-refractivity contribution in [2.24, 2.45) is 5.92 Å². The number of para-hydroxylation sites is 1. The summed E-state index contributed by atoms with van der Waals surface area (Å²) in [6.07, 6.45) is 3.56. The van der Waals surface area contributed by atoms with E-state index in [1.165, 1.54) is 18.9 Å². The van der Waals surface area contributed by atoms with Crippen molar-refractivity contribution in [1.29, 1.82) is 0 Å². The average molecular weight is 391 g/mol. The van der Waals surface area contributed by atoms with Crippen LogP contribution >= 0.6 is 12.4 Å². The molecule has 2 fully saturated rings. The van der Waals surface area contributed by atoms with Gasteiger partial charge in [-0.2, -0.15) is 0 Å². The van der Waals surface area contributed by atoms with Gasteiger partial charge in [-0.1, -0.05) is 42.5 Å². The quantitative estimate of drug-likeness (QED) is 0.740. The molecule has 2 atom stereocenters. The third kappa shape index (κ3) is 5.22. The fraction of sp³-hybridized carbons (Fsp3) is 0.455. The van der Waals surface area contributed by atoms with E-state index in [9.17, 15) is 4.39 Å². The third-order valence-electron chi connectivity index (χ3n) is 5.54. The van der Waals surface area contributed by atoms with E-state index in [0.29, 0.717) is 24.3 Å². The minimum absolute atomic E-state index is 0. The number of nitrogens with one attached hydrogen (secondary N) is 2. The summed E-state index contributed by atoms with van der Waals surface area (Å²) >= 11 is 0. The zero-order valence-electron chi connectivity index (χ0n) is 15.5. The Kier molecular flexibility index (Phi) is 7.11. The van der Waals surface area contributed by atoms with E-state index < -0.39 is 0 Å². The summed E-state index contributed by atoms with van der Waals surface area (Å²) in [4.78, 5) is 0. The van der Waals surface area contributed by atoms with Crippen LogP contribution < -0.4 is 15.4 Å². The Morgan fingerprint density at radius 2 is 1.81 bits per heavy atom. The molecular weight excluding hydrogens is 363 g/mol. The van der Waals surface area contributed by atoms with Crippen molar-refractivity contribution >= 4 is 12.4 Å². The minimum atomic E-state index is -0.262. The predicted octanol–water partition coefficient (Wildman–Crippen LogP) is 4.27. The Morgan fingerprint density at radius 3 is 2.59 bits per heavy atom. The standard InChI is InChI=1S/C22H27FN2O.ClH/c23-20-8-4-7-18(22(20)26-15-17-5-2-1-3-6-17)19-13-21(19)25-14-16-9-11-24-12-10-16;/h1-8,16,19,21,24-25H,9-15H2;1H/t19-,21+;/m1./s1. The lowest BCUT2D eigenvalue weighted by Gasteiger charge is -2.23. The largest absolute Gasteiger partial charge is 0.486 e. The van der Waals surface area contributed by atoms with Crippen LogP contribution in [0.15, 0.2) is 48.5 Å². The molecule has 1 heterocycles. The summed E-state index contributed by atoms with van der Waals surface area (Å²) in [5.41, 5.74) is 2.06. The van der Waals surface area contributed by atoms with Crippen LogP contribution in [-0.4, -0.2) is 25.7 Å². The van der Waals surface area contributed by atoms with Crippen LogP contribution in [0, 0.1) is 11.7 Å². The van der Waals surface area contributed by atoms with Crippen molar-refractivity contribution < 1.29 is 9.13 Å². The summed E-state index contributed by atoms with van der Waals surface area (Å²) in [6.45, 7) is 3.72. The minimum Gasteiger partial charge on any atom is -0.486 e. The summed E-state index contributed by atoms with van der Waals surface area (Å²) in [5, 5.41) is 7.10. The van der Waals surface area contributed by atoms with E-state index in [1.54, 1.807) is 6.07 Å². The monoisotopic (exact) mass is 390 g/mol. The number of hydrogen-bond donors (Lipinski definition) is 2. The molecule has 0 radical (unpaired) electrons. The van der Waals surface area contributed by atoms with Crippen LogP contribution in [0.1, 0.15) is 36.3 Å². The molecule has 27 heavy (non-hydrogen) atoms. The number of hydrogen-bond acceptors (Lipinski definition) is 3. The van der Waals surface area contributed by atoms with Crippen LogP contribution in [0.2, 0.25) is 0 Å². The highest BCUT2D eigenvalue weighted by molar-refractivity contribution is 5.85. The fourth-order valence-electron chi connectivity index (χ4n) is 3.87. The molecule has 0 unspecified atom stereocenters. The van der Waals surface area contributed by atoms with Crippen molar-refractivity contribution in [1.82, 2.24) is 10.6 Å². The highest BCUT2D eigenvalue weighted by Crippen LogP contribution is 2.45. The summed E-state index contributed by atoms with van der Waals surface area (Å²) in [7, 11) is 0. The Bertz CT molecular complexity index is 722. The average Bonchev–Trinajstić information content (AvgIpc) is 3.46. The van der Waals surface area contributed by atoms with Gasteiger partial charge in [0.2, 0.25) is 0 Å². The second-order valence-electron chi connectivity index (χ2n) is 7.48. The van der Waals surface area contributed by atoms with Gasteiger partial charge in [0.25, 0.3) is 0 Å². The fourth-order valence-corrected chi connectivity index (χ4v) is 3.87. The van der Waals surface area contributed by atoms with Gasteiger partial charge in [0, 0.05) is 17.5 Å². The van der Waals surface area contributed by atoms with Crippen LogP contribution in [0.25, 0.3) is 0 Å². The van der Waals surface area contributed by atoms with Gasteiger partial charge in [0.15, 0.2) is 11.6 Å². The van der Waals surface area contributed by atoms with Crippen molar-refractivity contribution in [2.45, 2.75) is 37.8 Å². The van der Waals surface area contributed by atoms with E-state index >= 15 is 0 Å². The lowest BCUT2D eigenvalue weighted by Crippen LogP contribution is -2.34. The molecule has 1 aliphatic heterocycles. The predicted molar refractivity (Wildman–Crippen MR) is 109 cm³/mol. The Labute approximate surface area is 167 Å². The number of ether oxygens (including phenoxy) is 1. The van der Waals surface area contributed by atoms with Gasteiger partial charge in [0.1, 0.15) is 6.61 Å². The lowest BCUT2D eigenvalue weighted by atomic mass is 9.98. The highest BCUT2D eigenvalue weighted by Gasteiger charge is 2.40. The molecular formula is C22H28ClFN2O. The van der Waals surface area contributed by atoms with Crippen molar-refractivity contribution in [2.75, 3.05) is 19.6 Å². The van der Waals surface area contributed by atoms with E-state index in [4.69, 9.17) is 4.74 Å². The smallest absolute Gasteiger partial charge is 0.165 e. The molecule has 0 amide bonds. The molecule has 0 spiro atoms. The van der Waals surface area contributed by atoms with Crippen molar-refractivity contribution in [3.8, 4) is 5.75 Å². The van der Waals surface area contributed by atoms with Crippen LogP contribution in [-0.2, 0) is 6.61 Å². The first-order valence-electron chi connectivity index (χ1n) is 9.70. The highest BCUT2D eigenvalue weighted by atomic mass is 35.5. The first-order chi connectivity index (χ1) is 12.8. The lowest BCUT2D eigenvalue weighted by molar-refractivity contribution is 0.286. The van der Waals surface area contributed by atoms with Crippen LogP contribution in [0.4, 0.5) is 4.39 Å². The second-order valence-corrected chi connectivity index (χ2v) is 7.48. The summed E-state index contributed by atoms with van der Waals surface area (Å²) in [6, 6.07) is 15.7. The molecule has 1 saturated carbocycles. The summed E-state index contributed by atoms with van der Waals surface area (Å²) < 4.78 is 20.3. The maximum atomic E-state index is 14.4. The first-order valence-corrected chi connectivity index (χ1v) is 9.70. The SMILES string of the molecule is Cl.Fc1cccc([C@H]2C[C@@H]2NCC2CCNCC2)c1OCc1ccccc1. The molecule has 5 heteroatoms. The molecule has 0 bridgehead atoms. The molecule has 2 aromatic rings. The van der Waals surface area contributed by atoms with E-state index in [1.807, 2.05) is 36.4 Å². The van der Waals surface area contributed by atoms with Gasteiger partial charge in [-0.05, 0) is 56.4 Å². The van der Waals surface area contributed by atoms with Gasteiger partial charge < -0.3 is 15.4 Å². The normalized spacial score (nSPS) is 22.1. The van der Waals surface area contributed by atoms with E-state index in [0.717, 1.165) is 43.1 Å². The van der Waals surface area contributed by atoms with Crippen LogP contribution in [0.5, 0.6) is 5.75 Å². The molecule has 2 aromatic carbocycles. The van der Waals surface area contributed by atoms with E-state index in [-0.39, 0.29) is 18.2 Å². The van der Waals surface area contributed by atoms with Gasteiger partial charge in [0.05, 0.1) is 0 Å². The Hall–Kier alpha value is -1.62. The molecule has 146 valence electrons. The zero-order chi connectivity index (χ0) is 17.8. The molecule has 2 N–H and O–H groups in total. The van der Waals surface area contributed by atoms with Gasteiger partial charge in [-0.25, -0.2) is 4.39 Å². The van der Waals surface area contributed by atoms with Gasteiger partial charge in [-0.3, -0.25) is 0 Å². The topological polar surface area (TPSA) is 33.3 Å². The number of halogens is 2. The van der Waals surface area contributed by atoms with Crippen molar-refractivity contribution in [3.05, 3.63) is 65.5 Å². The summed E-state index contributed by atoms with van der Waals surface area (Å²) in [5.74, 6) is 1.28. The number of rotatable bonds is 7. The second kappa shape index (κ2) is 9.54. The van der Waals surface area contributed by atoms with Gasteiger partial charge >= 0.3 is 0 Å². The molecule has 1 aliphatic carbocycles. The van der Waals surface area contributed by atoms with Crippen molar-refractivity contribution in [3.63, 3.8) is 0 Å². The zero-order valence-corrected chi connectivity index (χ0v) is 16.3. The Morgan fingerprint density at radius 1 is 1.04 bits per heavy atom. The van der Waals surface area contributed by atoms with Crippen LogP contribution in [0.3, 0.4) is 0 Å². The molecule has 1 saturated heterocycles. The Balaban J connectivity index is 0.00000210. The first kappa shape index (κ1) is 20.1. The third-order valence-corrected chi connectivity index (χ3v) is 5.54. The maximum Gasteiger partial charge on any atom is 0.165 e. The van der Waals surface area contributed by atoms with E-state index in [2.05, 4.69) is 10.6 Å². The molecule has 0 aromatic heterocycles. The molecule has 2 aliphatic rings. The molecule has 4 rings (SSSR count).